The van der Waals surface area contributed by atoms with Crippen molar-refractivity contribution in [2.45, 2.75) is 19.3 Å². The van der Waals surface area contributed by atoms with E-state index in [0.717, 1.165) is 5.56 Å². The fraction of sp³-hybridized carbons (Fsp3) is 0.400. The average Bonchev–Trinajstić information content (AvgIpc) is 2.19. The second-order valence-corrected chi connectivity index (χ2v) is 4.67. The van der Waals surface area contributed by atoms with Gasteiger partial charge in [-0.2, -0.15) is 0 Å². The minimum absolute atomic E-state index is 0.319. The van der Waals surface area contributed by atoms with Gasteiger partial charge in [0.15, 0.2) is 0 Å². The predicted molar refractivity (Wildman–Crippen MR) is 57.1 cm³/mol. The fourth-order valence-corrected chi connectivity index (χ4v) is 2.47. The van der Waals surface area contributed by atoms with E-state index in [-0.39, 0.29) is 6.29 Å². The first-order valence-electron chi connectivity index (χ1n) is 4.62. The van der Waals surface area contributed by atoms with Crippen LogP contribution in [0, 0.1) is 0 Å². The highest BCUT2D eigenvalue weighted by atomic mass is 28.3. The van der Waals surface area contributed by atoms with Gasteiger partial charge in [-0.25, -0.2) is 0 Å². The van der Waals surface area contributed by atoms with Gasteiger partial charge in [0.05, 0.1) is 0 Å². The molecule has 2 unspecified atom stereocenters. The molecule has 0 saturated carbocycles. The summed E-state index contributed by atoms with van der Waals surface area (Å²) in [6.45, 7) is 1.78. The molecule has 0 aliphatic carbocycles. The predicted octanol–water partition coefficient (Wildman–Crippen LogP) is 0.990. The van der Waals surface area contributed by atoms with E-state index in [2.05, 4.69) is 0 Å². The van der Waals surface area contributed by atoms with Crippen LogP contribution in [0.25, 0.3) is 0 Å². The molecule has 0 aromatic heterocycles. The van der Waals surface area contributed by atoms with E-state index in [1.165, 1.54) is 0 Å². The Balaban J connectivity index is 2.37. The van der Waals surface area contributed by atoms with Crippen molar-refractivity contribution in [1.82, 2.24) is 0 Å². The largest absolute Gasteiger partial charge is 0.413 e. The molecule has 0 spiro atoms. The maximum absolute atomic E-state index is 9.64. The van der Waals surface area contributed by atoms with Crippen molar-refractivity contribution < 1.29 is 14.0 Å². The van der Waals surface area contributed by atoms with Crippen molar-refractivity contribution in [3.8, 4) is 0 Å². The number of hydrogen-bond acceptors (Lipinski definition) is 3. The second-order valence-electron chi connectivity index (χ2n) is 3.08. The molecular weight excluding hydrogens is 196 g/mol. The standard InChI is InChI=1S/C10H16O3Si/c1-9(12-2)13-14(11)8-10-6-4-3-5-7-10/h3-7,9,11,14H,8H2,1-2H3. The Morgan fingerprint density at radius 3 is 2.57 bits per heavy atom. The SMILES string of the molecule is COC(C)O[SiH](O)Cc1ccccc1. The van der Waals surface area contributed by atoms with E-state index in [4.69, 9.17) is 9.16 Å². The van der Waals surface area contributed by atoms with Crippen LogP contribution in [-0.2, 0) is 15.2 Å². The number of benzene rings is 1. The smallest absolute Gasteiger partial charge is 0.325 e. The topological polar surface area (TPSA) is 38.7 Å². The molecule has 0 radical (unpaired) electrons. The Morgan fingerprint density at radius 1 is 1.36 bits per heavy atom. The van der Waals surface area contributed by atoms with Crippen molar-refractivity contribution in [3.05, 3.63) is 35.9 Å². The van der Waals surface area contributed by atoms with E-state index in [1.54, 1.807) is 14.0 Å². The third kappa shape index (κ3) is 4.02. The molecule has 0 saturated heterocycles. The van der Waals surface area contributed by atoms with Gasteiger partial charge >= 0.3 is 9.28 Å². The van der Waals surface area contributed by atoms with E-state index >= 15 is 0 Å². The molecule has 1 N–H and O–H groups in total. The summed E-state index contributed by atoms with van der Waals surface area (Å²) in [6.07, 6.45) is -0.319. The normalized spacial score (nSPS) is 15.1. The maximum Gasteiger partial charge on any atom is 0.325 e. The lowest BCUT2D eigenvalue weighted by molar-refractivity contribution is -0.0511. The molecule has 2 atom stereocenters. The van der Waals surface area contributed by atoms with Crippen LogP contribution in [-0.4, -0.2) is 27.5 Å². The summed E-state index contributed by atoms with van der Waals surface area (Å²) in [4.78, 5) is 9.64. The Labute approximate surface area is 86.1 Å². The summed E-state index contributed by atoms with van der Waals surface area (Å²) < 4.78 is 10.2. The Bertz CT molecular complexity index is 253. The van der Waals surface area contributed by atoms with Crippen LogP contribution < -0.4 is 0 Å². The Morgan fingerprint density at radius 2 is 2.00 bits per heavy atom. The summed E-state index contributed by atoms with van der Waals surface area (Å²) in [5.74, 6) is 0. The lowest BCUT2D eigenvalue weighted by Gasteiger charge is -2.15. The first kappa shape index (κ1) is 11.4. The average molecular weight is 212 g/mol. The highest BCUT2D eigenvalue weighted by Crippen LogP contribution is 2.03. The molecule has 1 aromatic carbocycles. The molecule has 14 heavy (non-hydrogen) atoms. The molecule has 3 nitrogen and oxygen atoms in total. The zero-order chi connectivity index (χ0) is 10.4. The van der Waals surface area contributed by atoms with Gasteiger partial charge in [-0.05, 0) is 12.5 Å². The molecule has 0 bridgehead atoms. The molecular formula is C10H16O3Si. The molecule has 1 aromatic rings. The highest BCUT2D eigenvalue weighted by Gasteiger charge is 2.12. The van der Waals surface area contributed by atoms with Gasteiger partial charge in [0.2, 0.25) is 0 Å². The van der Waals surface area contributed by atoms with Crippen LogP contribution in [0.2, 0.25) is 0 Å². The second kappa shape index (κ2) is 5.92. The van der Waals surface area contributed by atoms with Crippen LogP contribution in [0.1, 0.15) is 12.5 Å². The third-order valence-electron chi connectivity index (χ3n) is 1.93. The van der Waals surface area contributed by atoms with Crippen molar-refractivity contribution in [3.63, 3.8) is 0 Å². The van der Waals surface area contributed by atoms with Crippen molar-refractivity contribution in [2.75, 3.05) is 7.11 Å². The van der Waals surface area contributed by atoms with Gasteiger partial charge in [-0.15, -0.1) is 0 Å². The van der Waals surface area contributed by atoms with Gasteiger partial charge in [0.25, 0.3) is 0 Å². The van der Waals surface area contributed by atoms with Crippen LogP contribution in [0.15, 0.2) is 30.3 Å². The molecule has 0 heterocycles. The van der Waals surface area contributed by atoms with Gasteiger partial charge in [-0.1, -0.05) is 30.3 Å². The van der Waals surface area contributed by atoms with Crippen LogP contribution in [0.5, 0.6) is 0 Å². The van der Waals surface area contributed by atoms with E-state index in [0.29, 0.717) is 6.04 Å². The lowest BCUT2D eigenvalue weighted by atomic mass is 10.2. The summed E-state index contributed by atoms with van der Waals surface area (Å²) in [5.41, 5.74) is 1.11. The minimum atomic E-state index is -2.13. The van der Waals surface area contributed by atoms with Crippen LogP contribution in [0.3, 0.4) is 0 Å². The molecule has 1 rings (SSSR count). The van der Waals surface area contributed by atoms with Crippen molar-refractivity contribution >= 4 is 9.28 Å². The lowest BCUT2D eigenvalue weighted by Crippen LogP contribution is -2.27. The maximum atomic E-state index is 9.64. The zero-order valence-corrected chi connectivity index (χ0v) is 9.67. The highest BCUT2D eigenvalue weighted by molar-refractivity contribution is 6.42. The number of methoxy groups -OCH3 is 1. The van der Waals surface area contributed by atoms with E-state index in [1.807, 2.05) is 30.3 Å². The summed E-state index contributed by atoms with van der Waals surface area (Å²) >= 11 is 0. The molecule has 0 amide bonds. The monoisotopic (exact) mass is 212 g/mol. The molecule has 0 fully saturated rings. The van der Waals surface area contributed by atoms with E-state index in [9.17, 15) is 4.80 Å². The van der Waals surface area contributed by atoms with Gasteiger partial charge < -0.3 is 14.0 Å². The summed E-state index contributed by atoms with van der Waals surface area (Å²) in [5, 5.41) is 0. The first-order chi connectivity index (χ1) is 6.72. The van der Waals surface area contributed by atoms with Crippen molar-refractivity contribution in [1.29, 1.82) is 0 Å². The van der Waals surface area contributed by atoms with Crippen LogP contribution >= 0.6 is 0 Å². The quantitative estimate of drug-likeness (QED) is 0.584. The first-order valence-corrected chi connectivity index (χ1v) is 6.43. The molecule has 0 aliphatic heterocycles. The molecule has 78 valence electrons. The minimum Gasteiger partial charge on any atom is -0.413 e. The number of ether oxygens (including phenoxy) is 1. The van der Waals surface area contributed by atoms with Crippen molar-refractivity contribution in [2.24, 2.45) is 0 Å². The number of rotatable bonds is 5. The molecule has 4 heteroatoms. The summed E-state index contributed by atoms with van der Waals surface area (Å²) in [7, 11) is -0.566. The Hall–Kier alpha value is -0.683. The fourth-order valence-electron chi connectivity index (χ4n) is 1.14. The summed E-state index contributed by atoms with van der Waals surface area (Å²) in [6, 6.07) is 10.4. The Kier molecular flexibility index (Phi) is 4.82. The zero-order valence-electron chi connectivity index (χ0n) is 8.51. The number of hydrogen-bond donors (Lipinski definition) is 1. The third-order valence-corrected chi connectivity index (χ3v) is 3.45. The molecule has 0 aliphatic rings. The van der Waals surface area contributed by atoms with Gasteiger partial charge in [0, 0.05) is 13.2 Å². The van der Waals surface area contributed by atoms with Crippen LogP contribution in [0.4, 0.5) is 0 Å². The van der Waals surface area contributed by atoms with Gasteiger partial charge in [-0.3, -0.25) is 0 Å². The van der Waals surface area contributed by atoms with Gasteiger partial charge in [0.1, 0.15) is 6.29 Å². The van der Waals surface area contributed by atoms with E-state index < -0.39 is 9.28 Å².